The highest BCUT2D eigenvalue weighted by Crippen LogP contribution is 2.22. The molecular formula is C23H31N5O2S. The maximum Gasteiger partial charge on any atom is 0.263 e. The molecule has 0 aliphatic carbocycles. The van der Waals surface area contributed by atoms with Crippen molar-refractivity contribution in [1.29, 1.82) is 0 Å². The largest absolute Gasteiger partial charge is 0.359 e. The van der Waals surface area contributed by atoms with Crippen molar-refractivity contribution in [2.75, 3.05) is 38.0 Å². The van der Waals surface area contributed by atoms with Gasteiger partial charge in [0.2, 0.25) is 5.91 Å². The molecule has 0 unspecified atom stereocenters. The highest BCUT2D eigenvalue weighted by atomic mass is 32.1. The zero-order valence-corrected chi connectivity index (χ0v) is 18.7. The molecule has 0 radical (unpaired) electrons. The second kappa shape index (κ2) is 10.7. The summed E-state index contributed by atoms with van der Waals surface area (Å²) < 4.78 is 0. The Hall–Kier alpha value is -2.45. The number of rotatable bonds is 9. The fourth-order valence-corrected chi connectivity index (χ4v) is 5.01. The standard InChI is InChI=1S/C23H31N5O2S/c29-21-8-4-12-28(21)13-5-11-24-22(30)20-16-25-23(31-20)26-19-9-14-27(15-10-19)17-18-6-2-1-3-7-18/h1-3,6-7,16,19H,4-5,8-15,17H2,(H,24,30)(H,25,26). The van der Waals surface area contributed by atoms with E-state index in [1.807, 2.05) is 4.90 Å². The van der Waals surface area contributed by atoms with Crippen LogP contribution >= 0.6 is 11.3 Å². The van der Waals surface area contributed by atoms with Crippen molar-refractivity contribution in [2.45, 2.75) is 44.7 Å². The number of anilines is 1. The number of carbonyl (C=O) groups excluding carboxylic acids is 2. The molecule has 7 nitrogen and oxygen atoms in total. The van der Waals surface area contributed by atoms with E-state index in [0.29, 0.717) is 23.9 Å². The lowest BCUT2D eigenvalue weighted by Gasteiger charge is -2.32. The van der Waals surface area contributed by atoms with Gasteiger partial charge in [0.1, 0.15) is 4.88 Å². The molecule has 2 fully saturated rings. The number of benzene rings is 1. The summed E-state index contributed by atoms with van der Waals surface area (Å²) >= 11 is 1.41. The van der Waals surface area contributed by atoms with Gasteiger partial charge in [-0.05, 0) is 31.2 Å². The van der Waals surface area contributed by atoms with Crippen LogP contribution in [0.5, 0.6) is 0 Å². The molecule has 31 heavy (non-hydrogen) atoms. The van der Waals surface area contributed by atoms with Crippen LogP contribution in [0.4, 0.5) is 5.13 Å². The minimum Gasteiger partial charge on any atom is -0.359 e. The summed E-state index contributed by atoms with van der Waals surface area (Å²) in [6, 6.07) is 11.0. The van der Waals surface area contributed by atoms with Gasteiger partial charge in [-0.15, -0.1) is 0 Å². The first-order valence-corrected chi connectivity index (χ1v) is 12.0. The second-order valence-corrected chi connectivity index (χ2v) is 9.33. The molecule has 0 bridgehead atoms. The summed E-state index contributed by atoms with van der Waals surface area (Å²) in [7, 11) is 0. The van der Waals surface area contributed by atoms with Crippen LogP contribution in [0.3, 0.4) is 0 Å². The Morgan fingerprint density at radius 1 is 1.16 bits per heavy atom. The van der Waals surface area contributed by atoms with Gasteiger partial charge in [0.15, 0.2) is 5.13 Å². The summed E-state index contributed by atoms with van der Waals surface area (Å²) in [4.78, 5) is 33.4. The highest BCUT2D eigenvalue weighted by molar-refractivity contribution is 7.17. The van der Waals surface area contributed by atoms with E-state index in [1.165, 1.54) is 16.9 Å². The quantitative estimate of drug-likeness (QED) is 0.585. The Morgan fingerprint density at radius 3 is 2.71 bits per heavy atom. The maximum absolute atomic E-state index is 12.4. The summed E-state index contributed by atoms with van der Waals surface area (Å²) in [6.45, 7) is 5.26. The summed E-state index contributed by atoms with van der Waals surface area (Å²) in [6.07, 6.45) is 6.19. The number of piperidine rings is 1. The number of thiazole rings is 1. The monoisotopic (exact) mass is 441 g/mol. The summed E-state index contributed by atoms with van der Waals surface area (Å²) in [5.74, 6) is 0.145. The van der Waals surface area contributed by atoms with Crippen molar-refractivity contribution in [2.24, 2.45) is 0 Å². The number of aromatic nitrogens is 1. The third kappa shape index (κ3) is 6.27. The molecule has 0 atom stereocenters. The van der Waals surface area contributed by atoms with Crippen LogP contribution in [0, 0.1) is 0 Å². The zero-order chi connectivity index (χ0) is 21.5. The van der Waals surface area contributed by atoms with Gasteiger partial charge in [0, 0.05) is 51.7 Å². The predicted octanol–water partition coefficient (Wildman–Crippen LogP) is 2.96. The first-order chi connectivity index (χ1) is 15.2. The molecule has 1 aromatic heterocycles. The fourth-order valence-electron chi connectivity index (χ4n) is 4.20. The summed E-state index contributed by atoms with van der Waals surface area (Å²) in [5.41, 5.74) is 1.36. The van der Waals surface area contributed by atoms with E-state index < -0.39 is 0 Å². The highest BCUT2D eigenvalue weighted by Gasteiger charge is 2.21. The molecule has 4 rings (SSSR count). The Labute approximate surface area is 187 Å². The Kier molecular flexibility index (Phi) is 7.53. The number of nitrogens with one attached hydrogen (secondary N) is 2. The molecule has 2 saturated heterocycles. The van der Waals surface area contributed by atoms with E-state index in [9.17, 15) is 9.59 Å². The Morgan fingerprint density at radius 2 is 1.97 bits per heavy atom. The molecule has 0 spiro atoms. The van der Waals surface area contributed by atoms with Crippen LogP contribution in [0.15, 0.2) is 36.5 Å². The second-order valence-electron chi connectivity index (χ2n) is 8.30. The molecular weight excluding hydrogens is 410 g/mol. The first kappa shape index (κ1) is 21.8. The number of nitrogens with zero attached hydrogens (tertiary/aromatic N) is 3. The third-order valence-electron chi connectivity index (χ3n) is 5.96. The van der Waals surface area contributed by atoms with Crippen molar-refractivity contribution < 1.29 is 9.59 Å². The average Bonchev–Trinajstić information content (AvgIpc) is 3.42. The summed E-state index contributed by atoms with van der Waals surface area (Å²) in [5, 5.41) is 7.26. The fraction of sp³-hybridized carbons (Fsp3) is 0.522. The lowest BCUT2D eigenvalue weighted by molar-refractivity contribution is -0.127. The Balaban J connectivity index is 1.15. The minimum atomic E-state index is -0.0871. The molecule has 2 amide bonds. The SMILES string of the molecule is O=C(NCCCN1CCCC1=O)c1cnc(NC2CCN(Cc3ccccc3)CC2)s1. The van der Waals surface area contributed by atoms with Crippen LogP contribution in [-0.2, 0) is 11.3 Å². The van der Waals surface area contributed by atoms with Crippen LogP contribution < -0.4 is 10.6 Å². The molecule has 8 heteroatoms. The molecule has 1 aromatic carbocycles. The molecule has 3 heterocycles. The van der Waals surface area contributed by atoms with Gasteiger partial charge in [0.25, 0.3) is 5.91 Å². The maximum atomic E-state index is 12.4. The number of amides is 2. The Bertz CT molecular complexity index is 864. The van der Waals surface area contributed by atoms with Gasteiger partial charge in [-0.2, -0.15) is 0 Å². The van der Waals surface area contributed by atoms with Gasteiger partial charge < -0.3 is 15.5 Å². The van der Waals surface area contributed by atoms with Gasteiger partial charge in [-0.3, -0.25) is 14.5 Å². The molecule has 166 valence electrons. The number of likely N-dealkylation sites (tertiary alicyclic amines) is 2. The average molecular weight is 442 g/mol. The van der Waals surface area contributed by atoms with Crippen LogP contribution in [-0.4, -0.2) is 65.4 Å². The number of hydrogen-bond donors (Lipinski definition) is 2. The van der Waals surface area contributed by atoms with Crippen molar-refractivity contribution in [3.8, 4) is 0 Å². The molecule has 2 aliphatic rings. The molecule has 2 N–H and O–H groups in total. The molecule has 2 aliphatic heterocycles. The van der Waals surface area contributed by atoms with E-state index in [4.69, 9.17) is 0 Å². The van der Waals surface area contributed by atoms with Crippen molar-refractivity contribution in [1.82, 2.24) is 20.1 Å². The lowest BCUT2D eigenvalue weighted by Crippen LogP contribution is -2.38. The van der Waals surface area contributed by atoms with Gasteiger partial charge in [-0.25, -0.2) is 4.98 Å². The van der Waals surface area contributed by atoms with Crippen molar-refractivity contribution >= 4 is 28.3 Å². The smallest absolute Gasteiger partial charge is 0.263 e. The van der Waals surface area contributed by atoms with Crippen LogP contribution in [0.2, 0.25) is 0 Å². The van der Waals surface area contributed by atoms with E-state index in [2.05, 4.69) is 50.8 Å². The normalized spacial score (nSPS) is 17.8. The zero-order valence-electron chi connectivity index (χ0n) is 17.9. The van der Waals surface area contributed by atoms with E-state index in [-0.39, 0.29) is 11.8 Å². The molecule has 0 saturated carbocycles. The van der Waals surface area contributed by atoms with E-state index >= 15 is 0 Å². The van der Waals surface area contributed by atoms with Gasteiger partial charge in [-0.1, -0.05) is 41.7 Å². The van der Waals surface area contributed by atoms with Crippen LogP contribution in [0.1, 0.15) is 47.3 Å². The van der Waals surface area contributed by atoms with Crippen molar-refractivity contribution in [3.63, 3.8) is 0 Å². The lowest BCUT2D eigenvalue weighted by atomic mass is 10.0. The number of hydrogen-bond acceptors (Lipinski definition) is 6. The first-order valence-electron chi connectivity index (χ1n) is 11.2. The van der Waals surface area contributed by atoms with E-state index in [0.717, 1.165) is 63.5 Å². The van der Waals surface area contributed by atoms with E-state index in [1.54, 1.807) is 6.20 Å². The van der Waals surface area contributed by atoms with Crippen LogP contribution in [0.25, 0.3) is 0 Å². The third-order valence-corrected chi connectivity index (χ3v) is 6.88. The van der Waals surface area contributed by atoms with Crippen molar-refractivity contribution in [3.05, 3.63) is 47.0 Å². The predicted molar refractivity (Wildman–Crippen MR) is 123 cm³/mol. The number of carbonyl (C=O) groups is 2. The molecule has 2 aromatic rings. The van der Waals surface area contributed by atoms with Gasteiger partial charge >= 0.3 is 0 Å². The topological polar surface area (TPSA) is 77.6 Å². The minimum absolute atomic E-state index is 0.0871. The van der Waals surface area contributed by atoms with Gasteiger partial charge in [0.05, 0.1) is 6.20 Å².